The van der Waals surface area contributed by atoms with Crippen LogP contribution in [-0.2, 0) is 21.4 Å². The van der Waals surface area contributed by atoms with Crippen molar-refractivity contribution in [1.82, 2.24) is 25.2 Å². The van der Waals surface area contributed by atoms with Crippen molar-refractivity contribution in [3.05, 3.63) is 63.3 Å². The summed E-state index contributed by atoms with van der Waals surface area (Å²) >= 11 is 6.16. The number of nitrogens with one attached hydrogen (secondary N) is 2. The Hall–Kier alpha value is -3.92. The number of aromatic nitrogens is 3. The minimum absolute atomic E-state index is 0.0507. The van der Waals surface area contributed by atoms with Crippen LogP contribution in [0.2, 0.25) is 5.02 Å². The molecule has 2 N–H and O–H groups in total. The summed E-state index contributed by atoms with van der Waals surface area (Å²) in [6.45, 7) is 7.46. The molecule has 1 aromatic carbocycles. The average molecular weight is 605 g/mol. The van der Waals surface area contributed by atoms with Gasteiger partial charge in [0, 0.05) is 61.7 Å². The highest BCUT2D eigenvalue weighted by atomic mass is 35.5. The molecule has 0 bridgehead atoms. The number of benzene rings is 1. The number of anilines is 1. The number of para-hydroxylation sites is 1. The largest absolute Gasteiger partial charge is 0.450 e. The van der Waals surface area contributed by atoms with Crippen LogP contribution in [0.25, 0.3) is 22.1 Å². The molecule has 2 saturated heterocycles. The molecule has 3 aromatic heterocycles. The third kappa shape index (κ3) is 5.85. The number of nitrogens with zero attached hydrogens (tertiary/aromatic N) is 4. The van der Waals surface area contributed by atoms with Crippen molar-refractivity contribution in [2.24, 2.45) is 5.92 Å². The number of hydrogen-bond acceptors (Lipinski definition) is 7. The Bertz CT molecular complexity index is 1730. The van der Waals surface area contributed by atoms with Crippen LogP contribution in [0.1, 0.15) is 57.3 Å². The Balaban J connectivity index is 1.03. The number of furan rings is 1. The van der Waals surface area contributed by atoms with Crippen LogP contribution in [0.5, 0.6) is 0 Å². The number of carbonyl (C=O) groups excluding carboxylic acids is 2. The molecule has 2 fully saturated rings. The van der Waals surface area contributed by atoms with Gasteiger partial charge in [-0.2, -0.15) is 0 Å². The molecular weight excluding hydrogens is 568 g/mol. The molecule has 5 heterocycles. The second kappa shape index (κ2) is 12.0. The number of amides is 2. The minimum atomic E-state index is -0.369. The first kappa shape index (κ1) is 29.2. The summed E-state index contributed by atoms with van der Waals surface area (Å²) < 4.78 is 6.13. The molecule has 4 aromatic rings. The zero-order valence-corrected chi connectivity index (χ0v) is 25.4. The van der Waals surface area contributed by atoms with Crippen molar-refractivity contribution in [2.45, 2.75) is 57.8 Å². The van der Waals surface area contributed by atoms with Gasteiger partial charge in [0.05, 0.1) is 11.4 Å². The Kier molecular flexibility index (Phi) is 8.13. The molecule has 0 aliphatic carbocycles. The fraction of sp³-hybridized carbons (Fsp3) is 0.469. The maximum atomic E-state index is 13.0. The lowest BCUT2D eigenvalue weighted by molar-refractivity contribution is -0.134. The molecule has 10 nitrogen and oxygen atoms in total. The van der Waals surface area contributed by atoms with Gasteiger partial charge in [-0.25, -0.2) is 9.97 Å². The summed E-state index contributed by atoms with van der Waals surface area (Å²) in [7, 11) is 0. The third-order valence-electron chi connectivity index (χ3n) is 9.18. The first-order chi connectivity index (χ1) is 20.7. The second-order valence-corrected chi connectivity index (χ2v) is 12.5. The van der Waals surface area contributed by atoms with Gasteiger partial charge in [0.25, 0.3) is 5.56 Å². The number of likely N-dealkylation sites (tertiary alicyclic amines) is 1. The Morgan fingerprint density at radius 1 is 1.19 bits per heavy atom. The number of aromatic amines is 1. The van der Waals surface area contributed by atoms with Gasteiger partial charge in [-0.05, 0) is 49.8 Å². The molecule has 2 aliphatic heterocycles. The quantitative estimate of drug-likeness (QED) is 0.282. The van der Waals surface area contributed by atoms with Gasteiger partial charge in [-0.15, -0.1) is 0 Å². The van der Waals surface area contributed by atoms with E-state index in [0.717, 1.165) is 48.2 Å². The number of pyridine rings is 1. The number of halogens is 1. The number of fused-ring (bicyclic) bond motifs is 3. The van der Waals surface area contributed by atoms with E-state index in [1.165, 1.54) is 6.20 Å². The highest BCUT2D eigenvalue weighted by Gasteiger charge is 2.40. The summed E-state index contributed by atoms with van der Waals surface area (Å²) in [5, 5.41) is 4.34. The van der Waals surface area contributed by atoms with E-state index in [1.807, 2.05) is 29.2 Å². The SMILES string of the molecule is CC1CN(C(=O)CCCNC(=O)Cc2nc(N3CCCC3)c3oc4ccccc4c3n2)CCC1(C)c1cc(Cl)c[nH]c1=O. The topological polar surface area (TPSA) is 124 Å². The maximum absolute atomic E-state index is 13.0. The van der Waals surface area contributed by atoms with Gasteiger partial charge in [0.15, 0.2) is 11.4 Å². The monoisotopic (exact) mass is 604 g/mol. The number of hydrogen-bond donors (Lipinski definition) is 2. The summed E-state index contributed by atoms with van der Waals surface area (Å²) in [4.78, 5) is 54.7. The number of H-pyrrole nitrogens is 1. The van der Waals surface area contributed by atoms with Crippen LogP contribution in [0.15, 0.2) is 45.7 Å². The highest BCUT2D eigenvalue weighted by molar-refractivity contribution is 6.30. The van der Waals surface area contributed by atoms with Crippen LogP contribution in [0.4, 0.5) is 5.82 Å². The molecular formula is C32H37ClN6O4. The molecule has 0 spiro atoms. The molecule has 2 amide bonds. The van der Waals surface area contributed by atoms with Crippen molar-refractivity contribution in [3.8, 4) is 0 Å². The molecule has 0 radical (unpaired) electrons. The van der Waals surface area contributed by atoms with Crippen molar-refractivity contribution in [1.29, 1.82) is 0 Å². The molecule has 2 aliphatic rings. The summed E-state index contributed by atoms with van der Waals surface area (Å²) in [5.74, 6) is 1.16. The van der Waals surface area contributed by atoms with E-state index in [1.54, 1.807) is 6.07 Å². The van der Waals surface area contributed by atoms with Crippen LogP contribution in [0.3, 0.4) is 0 Å². The zero-order valence-electron chi connectivity index (χ0n) is 24.6. The number of carbonyl (C=O) groups is 2. The van der Waals surface area contributed by atoms with Gasteiger partial charge in [-0.1, -0.05) is 37.6 Å². The lowest BCUT2D eigenvalue weighted by Crippen LogP contribution is -2.51. The molecule has 226 valence electrons. The summed E-state index contributed by atoms with van der Waals surface area (Å²) in [6.07, 6.45) is 5.29. The third-order valence-corrected chi connectivity index (χ3v) is 9.40. The smallest absolute Gasteiger partial charge is 0.251 e. The Morgan fingerprint density at radius 2 is 1.98 bits per heavy atom. The van der Waals surface area contributed by atoms with Crippen molar-refractivity contribution in [2.75, 3.05) is 37.6 Å². The fourth-order valence-corrected chi connectivity index (χ4v) is 6.58. The predicted molar refractivity (Wildman–Crippen MR) is 166 cm³/mol. The predicted octanol–water partition coefficient (Wildman–Crippen LogP) is 4.58. The standard InChI is InChI=1S/C32H37ClN6O4/c1-20-19-39(15-11-32(20,2)23-16-21(33)18-35-31(23)42)27(41)10-7-12-34-26(40)17-25-36-28-22-8-3-4-9-24(22)43-29(28)30(37-25)38-13-5-6-14-38/h3-4,8-9,16,18,20H,5-7,10-15,17,19H2,1-2H3,(H,34,40)(H,35,42). The van der Waals surface area contributed by atoms with E-state index in [4.69, 9.17) is 26.0 Å². The minimum Gasteiger partial charge on any atom is -0.450 e. The van der Waals surface area contributed by atoms with Crippen molar-refractivity contribution >= 4 is 51.3 Å². The molecule has 2 atom stereocenters. The molecule has 43 heavy (non-hydrogen) atoms. The molecule has 2 unspecified atom stereocenters. The van der Waals surface area contributed by atoms with E-state index in [0.29, 0.717) is 60.9 Å². The summed E-state index contributed by atoms with van der Waals surface area (Å²) in [5.41, 5.74) is 2.31. The van der Waals surface area contributed by atoms with Crippen molar-refractivity contribution < 1.29 is 14.0 Å². The first-order valence-corrected chi connectivity index (χ1v) is 15.5. The zero-order chi connectivity index (χ0) is 30.1. The number of rotatable bonds is 8. The van der Waals surface area contributed by atoms with Gasteiger partial charge in [-0.3, -0.25) is 14.4 Å². The fourth-order valence-electron chi connectivity index (χ4n) is 6.42. The van der Waals surface area contributed by atoms with Crippen LogP contribution >= 0.6 is 11.6 Å². The molecule has 6 rings (SSSR count). The van der Waals surface area contributed by atoms with Crippen LogP contribution in [0, 0.1) is 5.92 Å². The highest BCUT2D eigenvalue weighted by Crippen LogP contribution is 2.39. The van der Waals surface area contributed by atoms with Gasteiger partial charge in [0.1, 0.15) is 16.9 Å². The van der Waals surface area contributed by atoms with E-state index >= 15 is 0 Å². The second-order valence-electron chi connectivity index (χ2n) is 12.0. The molecule has 11 heteroatoms. The van der Waals surface area contributed by atoms with Crippen LogP contribution < -0.4 is 15.8 Å². The average Bonchev–Trinajstić information content (AvgIpc) is 3.66. The Labute approximate surface area is 254 Å². The van der Waals surface area contributed by atoms with E-state index in [2.05, 4.69) is 29.0 Å². The van der Waals surface area contributed by atoms with Crippen molar-refractivity contribution in [3.63, 3.8) is 0 Å². The normalized spacial score (nSPS) is 20.7. The first-order valence-electron chi connectivity index (χ1n) is 15.1. The number of piperidine rings is 1. The van der Waals surface area contributed by atoms with Crippen LogP contribution in [-0.4, -0.2) is 64.4 Å². The molecule has 0 saturated carbocycles. The Morgan fingerprint density at radius 3 is 2.77 bits per heavy atom. The lowest BCUT2D eigenvalue weighted by atomic mass is 9.68. The van der Waals surface area contributed by atoms with E-state index in [9.17, 15) is 14.4 Å². The van der Waals surface area contributed by atoms with Gasteiger partial charge >= 0.3 is 0 Å². The van der Waals surface area contributed by atoms with E-state index < -0.39 is 0 Å². The maximum Gasteiger partial charge on any atom is 0.251 e. The van der Waals surface area contributed by atoms with E-state index in [-0.39, 0.29) is 35.1 Å². The summed E-state index contributed by atoms with van der Waals surface area (Å²) in [6, 6.07) is 9.52. The lowest BCUT2D eigenvalue weighted by Gasteiger charge is -2.44. The van der Waals surface area contributed by atoms with Gasteiger partial charge < -0.3 is 24.5 Å². The van der Waals surface area contributed by atoms with Gasteiger partial charge in [0.2, 0.25) is 11.8 Å².